The summed E-state index contributed by atoms with van der Waals surface area (Å²) in [6.45, 7) is 7.50. The highest BCUT2D eigenvalue weighted by molar-refractivity contribution is 5.96. The van der Waals surface area contributed by atoms with Gasteiger partial charge >= 0.3 is 0 Å². The van der Waals surface area contributed by atoms with Gasteiger partial charge in [0.15, 0.2) is 0 Å². The molecule has 0 aliphatic carbocycles. The third kappa shape index (κ3) is 5.03. The second-order valence-corrected chi connectivity index (χ2v) is 7.39. The second-order valence-electron chi connectivity index (χ2n) is 7.39. The van der Waals surface area contributed by atoms with Crippen molar-refractivity contribution in [2.24, 2.45) is 0 Å². The third-order valence-corrected chi connectivity index (χ3v) is 5.28. The highest BCUT2D eigenvalue weighted by atomic mass is 16.5. The molecule has 31 heavy (non-hydrogen) atoms. The Bertz CT molecular complexity index is 1010. The number of anilines is 1. The van der Waals surface area contributed by atoms with Gasteiger partial charge in [-0.15, -0.1) is 0 Å². The van der Waals surface area contributed by atoms with Crippen molar-refractivity contribution in [1.82, 2.24) is 15.5 Å². The fourth-order valence-corrected chi connectivity index (χ4v) is 3.42. The van der Waals surface area contributed by atoms with E-state index in [9.17, 15) is 4.79 Å². The van der Waals surface area contributed by atoms with Gasteiger partial charge in [-0.05, 0) is 37.6 Å². The SMILES string of the molecule is Cc1noc(C)c1COc1ccccc1C(=O)NCc1ccc(N2CCOCC2)nc1. The molecule has 1 amide bonds. The topological polar surface area (TPSA) is 89.7 Å². The first kappa shape index (κ1) is 20.9. The van der Waals surface area contributed by atoms with Crippen LogP contribution < -0.4 is 15.0 Å². The average molecular weight is 422 g/mol. The number of amides is 1. The lowest BCUT2D eigenvalue weighted by Gasteiger charge is -2.27. The lowest BCUT2D eigenvalue weighted by Crippen LogP contribution is -2.36. The maximum absolute atomic E-state index is 12.8. The molecule has 0 saturated carbocycles. The minimum absolute atomic E-state index is 0.202. The van der Waals surface area contributed by atoms with Crippen LogP contribution >= 0.6 is 0 Å². The lowest BCUT2D eigenvalue weighted by atomic mass is 10.1. The van der Waals surface area contributed by atoms with Gasteiger partial charge in [-0.3, -0.25) is 4.79 Å². The number of para-hydroxylation sites is 1. The molecule has 3 heterocycles. The fraction of sp³-hybridized carbons (Fsp3) is 0.348. The van der Waals surface area contributed by atoms with E-state index in [1.165, 1.54) is 0 Å². The highest BCUT2D eigenvalue weighted by Gasteiger charge is 2.15. The summed E-state index contributed by atoms with van der Waals surface area (Å²) in [6, 6.07) is 11.2. The number of carbonyl (C=O) groups excluding carboxylic acids is 1. The Hall–Kier alpha value is -3.39. The highest BCUT2D eigenvalue weighted by Crippen LogP contribution is 2.22. The third-order valence-electron chi connectivity index (χ3n) is 5.28. The molecule has 0 atom stereocenters. The number of rotatable bonds is 7. The summed E-state index contributed by atoms with van der Waals surface area (Å²) < 4.78 is 16.5. The van der Waals surface area contributed by atoms with Gasteiger partial charge in [0.05, 0.1) is 30.0 Å². The molecule has 1 N–H and O–H groups in total. The number of pyridine rings is 1. The summed E-state index contributed by atoms with van der Waals surface area (Å²) in [5.41, 5.74) is 3.08. The summed E-state index contributed by atoms with van der Waals surface area (Å²) in [4.78, 5) is 19.5. The summed E-state index contributed by atoms with van der Waals surface area (Å²) in [6.07, 6.45) is 1.80. The molecule has 0 spiro atoms. The molecule has 2 aromatic heterocycles. The molecule has 1 fully saturated rings. The standard InChI is InChI=1S/C23H26N4O4/c1-16-20(17(2)31-26-16)15-30-21-6-4-3-5-19(21)23(28)25-14-18-7-8-22(24-13-18)27-9-11-29-12-10-27/h3-8,13H,9-12,14-15H2,1-2H3,(H,25,28). The molecule has 4 rings (SSSR count). The van der Waals surface area contributed by atoms with Gasteiger partial charge in [0.2, 0.25) is 0 Å². The van der Waals surface area contributed by atoms with E-state index in [0.717, 1.165) is 48.9 Å². The van der Waals surface area contributed by atoms with Gasteiger partial charge < -0.3 is 24.2 Å². The molecule has 1 aliphatic rings. The maximum Gasteiger partial charge on any atom is 0.255 e. The van der Waals surface area contributed by atoms with Gasteiger partial charge in [-0.25, -0.2) is 4.98 Å². The first-order valence-corrected chi connectivity index (χ1v) is 10.3. The van der Waals surface area contributed by atoms with Crippen LogP contribution in [0.4, 0.5) is 5.82 Å². The van der Waals surface area contributed by atoms with E-state index in [1.54, 1.807) is 18.3 Å². The zero-order valence-electron chi connectivity index (χ0n) is 17.8. The van der Waals surface area contributed by atoms with Crippen LogP contribution in [-0.2, 0) is 17.9 Å². The number of aromatic nitrogens is 2. The van der Waals surface area contributed by atoms with Crippen molar-refractivity contribution in [1.29, 1.82) is 0 Å². The van der Waals surface area contributed by atoms with E-state index >= 15 is 0 Å². The Morgan fingerprint density at radius 2 is 1.97 bits per heavy atom. The van der Waals surface area contributed by atoms with Crippen molar-refractivity contribution < 1.29 is 18.8 Å². The van der Waals surface area contributed by atoms with Crippen LogP contribution in [0.1, 0.15) is 32.9 Å². The van der Waals surface area contributed by atoms with Crippen molar-refractivity contribution in [2.75, 3.05) is 31.2 Å². The van der Waals surface area contributed by atoms with Crippen molar-refractivity contribution in [3.05, 3.63) is 70.7 Å². The Labute approximate surface area is 181 Å². The summed E-state index contributed by atoms with van der Waals surface area (Å²) in [7, 11) is 0. The van der Waals surface area contributed by atoms with E-state index in [-0.39, 0.29) is 5.91 Å². The first-order chi connectivity index (χ1) is 15.1. The second kappa shape index (κ2) is 9.61. The monoisotopic (exact) mass is 422 g/mol. The Morgan fingerprint density at radius 1 is 1.16 bits per heavy atom. The number of carbonyl (C=O) groups is 1. The number of benzene rings is 1. The number of morpholine rings is 1. The number of nitrogens with zero attached hydrogens (tertiary/aromatic N) is 3. The minimum Gasteiger partial charge on any atom is -0.488 e. The maximum atomic E-state index is 12.8. The molecule has 3 aromatic rings. The van der Waals surface area contributed by atoms with Gasteiger partial charge in [-0.2, -0.15) is 0 Å². The molecule has 162 valence electrons. The molecule has 0 radical (unpaired) electrons. The van der Waals surface area contributed by atoms with E-state index in [0.29, 0.717) is 30.2 Å². The zero-order chi connectivity index (χ0) is 21.6. The smallest absolute Gasteiger partial charge is 0.255 e. The zero-order valence-corrected chi connectivity index (χ0v) is 17.8. The summed E-state index contributed by atoms with van der Waals surface area (Å²) in [5.74, 6) is 1.95. The summed E-state index contributed by atoms with van der Waals surface area (Å²) in [5, 5.41) is 6.88. The van der Waals surface area contributed by atoms with Crippen LogP contribution in [0.5, 0.6) is 5.75 Å². The lowest BCUT2D eigenvalue weighted by molar-refractivity contribution is 0.0946. The van der Waals surface area contributed by atoms with Crippen LogP contribution in [0.2, 0.25) is 0 Å². The van der Waals surface area contributed by atoms with Crippen molar-refractivity contribution in [2.45, 2.75) is 27.0 Å². The molecule has 1 aliphatic heterocycles. The largest absolute Gasteiger partial charge is 0.488 e. The summed E-state index contributed by atoms with van der Waals surface area (Å²) >= 11 is 0. The molecule has 1 aromatic carbocycles. The first-order valence-electron chi connectivity index (χ1n) is 10.3. The predicted octanol–water partition coefficient (Wildman–Crippen LogP) is 3.03. The van der Waals surface area contributed by atoms with Gasteiger partial charge in [0, 0.05) is 25.8 Å². The van der Waals surface area contributed by atoms with E-state index in [4.69, 9.17) is 14.0 Å². The van der Waals surface area contributed by atoms with Crippen LogP contribution in [0.25, 0.3) is 0 Å². The number of ether oxygens (including phenoxy) is 2. The van der Waals surface area contributed by atoms with Crippen molar-refractivity contribution >= 4 is 11.7 Å². The number of nitrogens with one attached hydrogen (secondary N) is 1. The molecular weight excluding hydrogens is 396 g/mol. The molecule has 8 heteroatoms. The van der Waals surface area contributed by atoms with Crippen LogP contribution in [0, 0.1) is 13.8 Å². The van der Waals surface area contributed by atoms with Crippen molar-refractivity contribution in [3.63, 3.8) is 0 Å². The van der Waals surface area contributed by atoms with Crippen LogP contribution in [0.3, 0.4) is 0 Å². The van der Waals surface area contributed by atoms with Crippen LogP contribution in [0.15, 0.2) is 47.1 Å². The molecule has 0 bridgehead atoms. The minimum atomic E-state index is -0.202. The molecule has 8 nitrogen and oxygen atoms in total. The quantitative estimate of drug-likeness (QED) is 0.626. The Balaban J connectivity index is 1.36. The molecule has 1 saturated heterocycles. The van der Waals surface area contributed by atoms with Gasteiger partial charge in [-0.1, -0.05) is 23.4 Å². The number of aryl methyl sites for hydroxylation is 2. The predicted molar refractivity (Wildman–Crippen MR) is 115 cm³/mol. The Kier molecular flexibility index (Phi) is 6.47. The Morgan fingerprint density at radius 3 is 2.68 bits per heavy atom. The normalized spacial score (nSPS) is 13.8. The molecular formula is C23H26N4O4. The van der Waals surface area contributed by atoms with Gasteiger partial charge in [0.25, 0.3) is 5.91 Å². The van der Waals surface area contributed by atoms with E-state index in [1.807, 2.05) is 38.1 Å². The molecule has 0 unspecified atom stereocenters. The number of hydrogen-bond acceptors (Lipinski definition) is 7. The fourth-order valence-electron chi connectivity index (χ4n) is 3.42. The van der Waals surface area contributed by atoms with Crippen molar-refractivity contribution in [3.8, 4) is 5.75 Å². The van der Waals surface area contributed by atoms with Gasteiger partial charge in [0.1, 0.15) is 23.9 Å². The van der Waals surface area contributed by atoms with Crippen LogP contribution in [-0.4, -0.2) is 42.4 Å². The van der Waals surface area contributed by atoms with E-state index < -0.39 is 0 Å². The van der Waals surface area contributed by atoms with E-state index in [2.05, 4.69) is 20.4 Å². The average Bonchev–Trinajstić information content (AvgIpc) is 3.14. The number of hydrogen-bond donors (Lipinski definition) is 1.